The molecule has 4 aromatic rings. The van der Waals surface area contributed by atoms with Gasteiger partial charge >= 0.3 is 17.6 Å². The van der Waals surface area contributed by atoms with Gasteiger partial charge < -0.3 is 24.3 Å². The number of nitrogens with one attached hydrogen (secondary N) is 1. The van der Waals surface area contributed by atoms with Crippen molar-refractivity contribution in [3.8, 4) is 0 Å². The summed E-state index contributed by atoms with van der Waals surface area (Å²) in [5, 5.41) is 2.51. The Kier molecular flexibility index (Phi) is 8.69. The fraction of sp³-hybridized carbons (Fsp3) is 0.194. The molecule has 1 N–H and O–H groups in total. The molecule has 5 rings (SSSR count). The van der Waals surface area contributed by atoms with Crippen molar-refractivity contribution in [1.29, 1.82) is 0 Å². The van der Waals surface area contributed by atoms with E-state index in [1.807, 2.05) is 0 Å². The van der Waals surface area contributed by atoms with E-state index in [9.17, 15) is 19.2 Å². The van der Waals surface area contributed by atoms with Crippen LogP contribution in [0.5, 0.6) is 0 Å². The van der Waals surface area contributed by atoms with Gasteiger partial charge in [-0.05, 0) is 42.5 Å². The van der Waals surface area contributed by atoms with E-state index in [-0.39, 0.29) is 16.9 Å². The van der Waals surface area contributed by atoms with Crippen molar-refractivity contribution in [1.82, 2.24) is 9.55 Å². The van der Waals surface area contributed by atoms with Gasteiger partial charge in [0.25, 0.3) is 5.91 Å². The number of anilines is 1. The van der Waals surface area contributed by atoms with Crippen molar-refractivity contribution in [3.63, 3.8) is 0 Å². The van der Waals surface area contributed by atoms with Crippen molar-refractivity contribution >= 4 is 23.7 Å². The monoisotopic (exact) mass is 587 g/mol. The lowest BCUT2D eigenvalue weighted by atomic mass is 10.1. The molecule has 1 aliphatic rings. The summed E-state index contributed by atoms with van der Waals surface area (Å²) < 4.78 is 39.3. The van der Waals surface area contributed by atoms with Crippen LogP contribution in [0.15, 0.2) is 108 Å². The van der Waals surface area contributed by atoms with Crippen molar-refractivity contribution in [2.45, 2.75) is 24.3 Å². The lowest BCUT2D eigenvalue weighted by molar-refractivity contribution is -0.269. The number of methoxy groups -OCH3 is 1. The van der Waals surface area contributed by atoms with Crippen molar-refractivity contribution in [3.05, 3.63) is 130 Å². The van der Waals surface area contributed by atoms with Gasteiger partial charge in [0.15, 0.2) is 18.5 Å². The first-order chi connectivity index (χ1) is 20.8. The second-order valence-corrected chi connectivity index (χ2v) is 9.43. The van der Waals surface area contributed by atoms with E-state index >= 15 is 4.39 Å². The van der Waals surface area contributed by atoms with Gasteiger partial charge in [-0.1, -0.05) is 54.6 Å². The molecule has 0 radical (unpaired) electrons. The third-order valence-electron chi connectivity index (χ3n) is 6.70. The van der Waals surface area contributed by atoms with Crippen LogP contribution >= 0.6 is 0 Å². The number of aromatic nitrogens is 2. The maximum Gasteiger partial charge on any atom is 0.351 e. The fourth-order valence-electron chi connectivity index (χ4n) is 4.47. The minimum atomic E-state index is -2.17. The van der Waals surface area contributed by atoms with Gasteiger partial charge in [-0.15, -0.1) is 0 Å². The van der Waals surface area contributed by atoms with Crippen LogP contribution in [0.3, 0.4) is 0 Å². The maximum absolute atomic E-state index is 16.2. The number of nitrogens with zero attached hydrogens (tertiary/aromatic N) is 2. The zero-order valence-electron chi connectivity index (χ0n) is 22.8. The first kappa shape index (κ1) is 29.3. The zero-order chi connectivity index (χ0) is 30.4. The number of hydrogen-bond donors (Lipinski definition) is 1. The van der Waals surface area contributed by atoms with E-state index in [0.717, 1.165) is 11.7 Å². The van der Waals surface area contributed by atoms with E-state index in [1.54, 1.807) is 66.7 Å². The number of carbonyl (C=O) groups excluding carboxylic acids is 3. The second-order valence-electron chi connectivity index (χ2n) is 9.43. The Hall–Kier alpha value is -5.20. The normalized spacial score (nSPS) is 21.1. The minimum Gasteiger partial charge on any atom is -0.456 e. The highest BCUT2D eigenvalue weighted by atomic mass is 19.1. The Morgan fingerprint density at radius 1 is 0.884 bits per heavy atom. The highest BCUT2D eigenvalue weighted by Crippen LogP contribution is 2.42. The molecular formula is C31H26FN3O8. The fourth-order valence-corrected chi connectivity index (χ4v) is 4.47. The molecule has 0 unspecified atom stereocenters. The van der Waals surface area contributed by atoms with Crippen molar-refractivity contribution in [2.75, 3.05) is 19.0 Å². The van der Waals surface area contributed by atoms with Crippen LogP contribution in [0, 0.1) is 0 Å². The Labute approximate surface area is 244 Å². The molecular weight excluding hydrogens is 561 g/mol. The van der Waals surface area contributed by atoms with E-state index < -0.39 is 54.4 Å². The topological polar surface area (TPSA) is 135 Å². The quantitative estimate of drug-likeness (QED) is 0.290. The van der Waals surface area contributed by atoms with Gasteiger partial charge in [-0.2, -0.15) is 4.98 Å². The molecule has 1 fully saturated rings. The molecule has 1 saturated heterocycles. The van der Waals surface area contributed by atoms with Crippen LogP contribution in [-0.4, -0.2) is 59.2 Å². The zero-order valence-corrected chi connectivity index (χ0v) is 22.8. The molecule has 0 spiro atoms. The standard InChI is InChI=1S/C31H26FN3O8/c1-40-31(19-41-28(37)21-13-7-3-8-14-21)25(42-29(38)22-15-9-4-10-16-22)24(32)27(43-31)35-18-17-23(34-30(35)39)33-26(36)20-11-5-2-6-12-20/h2-18,24-25,27H,19H2,1H3,(H,33,34,36,39)/t24-,25+,27-,31-/m1/s1. The number of benzene rings is 3. The van der Waals surface area contributed by atoms with Crippen molar-refractivity contribution in [2.24, 2.45) is 0 Å². The summed E-state index contributed by atoms with van der Waals surface area (Å²) in [6.45, 7) is -0.686. The Morgan fingerprint density at radius 3 is 2.00 bits per heavy atom. The molecule has 1 aliphatic heterocycles. The predicted molar refractivity (Wildman–Crippen MR) is 150 cm³/mol. The Balaban J connectivity index is 1.42. The van der Waals surface area contributed by atoms with Crippen LogP contribution in [0.4, 0.5) is 10.2 Å². The molecule has 0 bridgehead atoms. The predicted octanol–water partition coefficient (Wildman–Crippen LogP) is 3.79. The van der Waals surface area contributed by atoms with Gasteiger partial charge in [0.1, 0.15) is 12.4 Å². The number of esters is 2. The molecule has 1 aromatic heterocycles. The molecule has 11 nitrogen and oxygen atoms in total. The highest BCUT2D eigenvalue weighted by Gasteiger charge is 2.61. The summed E-state index contributed by atoms with van der Waals surface area (Å²) in [5.74, 6) is -4.37. The summed E-state index contributed by atoms with van der Waals surface area (Å²) in [6.07, 6.45) is -4.48. The maximum atomic E-state index is 16.2. The Bertz CT molecular complexity index is 1650. The first-order valence-electron chi connectivity index (χ1n) is 13.1. The van der Waals surface area contributed by atoms with E-state index in [0.29, 0.717) is 5.56 Å². The lowest BCUT2D eigenvalue weighted by Crippen LogP contribution is -2.50. The smallest absolute Gasteiger partial charge is 0.351 e. The third kappa shape index (κ3) is 6.35. The van der Waals surface area contributed by atoms with E-state index in [4.69, 9.17) is 18.9 Å². The van der Waals surface area contributed by atoms with E-state index in [2.05, 4.69) is 10.3 Å². The number of halogens is 1. The molecule has 220 valence electrons. The summed E-state index contributed by atoms with van der Waals surface area (Å²) >= 11 is 0. The van der Waals surface area contributed by atoms with Crippen LogP contribution in [-0.2, 0) is 18.9 Å². The number of amides is 1. The van der Waals surface area contributed by atoms with Gasteiger partial charge in [0.2, 0.25) is 5.79 Å². The van der Waals surface area contributed by atoms with Gasteiger partial charge in [-0.3, -0.25) is 9.36 Å². The minimum absolute atomic E-state index is 0.0784. The number of alkyl halides is 1. The van der Waals surface area contributed by atoms with Crippen LogP contribution in [0.1, 0.15) is 37.3 Å². The largest absolute Gasteiger partial charge is 0.456 e. The summed E-state index contributed by atoms with van der Waals surface area (Å²) in [5.41, 5.74) is -0.289. The summed E-state index contributed by atoms with van der Waals surface area (Å²) in [7, 11) is 1.16. The molecule has 43 heavy (non-hydrogen) atoms. The Morgan fingerprint density at radius 2 is 1.44 bits per heavy atom. The number of carbonyl (C=O) groups is 3. The van der Waals surface area contributed by atoms with Gasteiger partial charge in [0, 0.05) is 18.9 Å². The summed E-state index contributed by atoms with van der Waals surface area (Å²) in [4.78, 5) is 55.0. The number of rotatable bonds is 9. The average Bonchev–Trinajstić information content (AvgIpc) is 3.32. The molecule has 3 aromatic carbocycles. The van der Waals surface area contributed by atoms with Crippen LogP contribution in [0.25, 0.3) is 0 Å². The molecule has 4 atom stereocenters. The van der Waals surface area contributed by atoms with Crippen LogP contribution in [0.2, 0.25) is 0 Å². The van der Waals surface area contributed by atoms with Gasteiger partial charge in [0.05, 0.1) is 11.1 Å². The number of hydrogen-bond acceptors (Lipinski definition) is 9. The van der Waals surface area contributed by atoms with Crippen molar-refractivity contribution < 1.29 is 37.7 Å². The summed E-state index contributed by atoms with van der Waals surface area (Å²) in [6, 6.07) is 25.4. The van der Waals surface area contributed by atoms with Gasteiger partial charge in [-0.25, -0.2) is 18.8 Å². The van der Waals surface area contributed by atoms with E-state index in [1.165, 1.54) is 36.5 Å². The molecule has 12 heteroatoms. The number of ether oxygens (including phenoxy) is 4. The molecule has 0 saturated carbocycles. The highest BCUT2D eigenvalue weighted by molar-refractivity contribution is 6.03. The van der Waals surface area contributed by atoms with Crippen LogP contribution < -0.4 is 11.0 Å². The third-order valence-corrected chi connectivity index (χ3v) is 6.70. The SMILES string of the molecule is CO[C@]1(COC(=O)c2ccccc2)O[C@@H](n2ccc(NC(=O)c3ccccc3)nc2=O)[C@H](F)[C@@H]1OC(=O)c1ccccc1. The molecule has 0 aliphatic carbocycles. The average molecular weight is 588 g/mol. The second kappa shape index (κ2) is 12.8. The molecule has 1 amide bonds. The first-order valence-corrected chi connectivity index (χ1v) is 13.1. The molecule has 2 heterocycles. The lowest BCUT2D eigenvalue weighted by Gasteiger charge is -2.31.